The second-order valence-electron chi connectivity index (χ2n) is 8.67. The maximum absolute atomic E-state index is 8.90. The molecule has 0 aromatic heterocycles. The molecule has 0 fully saturated rings. The third kappa shape index (κ3) is 2.86. The first-order valence-electron chi connectivity index (χ1n) is 11.0. The molecule has 1 aliphatic carbocycles. The normalized spacial score (nSPS) is 13.2. The van der Waals surface area contributed by atoms with Gasteiger partial charge in [0.15, 0.2) is 0 Å². The highest BCUT2D eigenvalue weighted by Crippen LogP contribution is 2.56. The second-order valence-corrected chi connectivity index (χ2v) is 8.67. The van der Waals surface area contributed by atoms with Crippen LogP contribution in [0.15, 0.2) is 90.0 Å². The lowest BCUT2D eigenvalue weighted by Gasteiger charge is -2.34. The molecule has 0 aliphatic heterocycles. The van der Waals surface area contributed by atoms with E-state index in [1.807, 2.05) is 0 Å². The van der Waals surface area contributed by atoms with Crippen LogP contribution in [0.4, 0.5) is 0 Å². The summed E-state index contributed by atoms with van der Waals surface area (Å²) in [5, 5.41) is 3.86. The molecule has 3 nitrogen and oxygen atoms in total. The fraction of sp³-hybridized carbons (Fsp3) is 0.172. The van der Waals surface area contributed by atoms with Crippen LogP contribution in [0.5, 0.6) is 0 Å². The predicted octanol–water partition coefficient (Wildman–Crippen LogP) is 7.79. The zero-order valence-electron chi connectivity index (χ0n) is 18.6. The van der Waals surface area contributed by atoms with Crippen LogP contribution >= 0.6 is 0 Å². The SMILES string of the molecule is Cc1ccc(C2(c3ccc(C)c(CN=[N+]=[N-])c3)c3ccccc3-c3ccccc32)cc1C. The van der Waals surface area contributed by atoms with E-state index in [1.54, 1.807) is 0 Å². The summed E-state index contributed by atoms with van der Waals surface area (Å²) in [7, 11) is 0. The van der Waals surface area contributed by atoms with Crippen LogP contribution in [0.3, 0.4) is 0 Å². The summed E-state index contributed by atoms with van der Waals surface area (Å²) in [6.07, 6.45) is 0. The van der Waals surface area contributed by atoms with Crippen LogP contribution < -0.4 is 0 Å². The Labute approximate surface area is 189 Å². The number of aryl methyl sites for hydroxylation is 3. The average Bonchev–Trinajstić information content (AvgIpc) is 3.12. The van der Waals surface area contributed by atoms with Gasteiger partial charge in [-0.15, -0.1) is 0 Å². The molecule has 3 heteroatoms. The summed E-state index contributed by atoms with van der Waals surface area (Å²) in [5.74, 6) is 0. The number of hydrogen-bond acceptors (Lipinski definition) is 1. The number of hydrogen-bond donors (Lipinski definition) is 0. The molecule has 5 rings (SSSR count). The standard InChI is InChI=1S/C29H25N3/c1-19-12-14-23(16-21(19)3)29(24-15-13-20(2)22(17-24)18-31-32-30)27-10-6-4-8-25(27)26-9-5-7-11-28(26)29/h4-17H,18H2,1-3H3. The van der Waals surface area contributed by atoms with Crippen molar-refractivity contribution in [1.82, 2.24) is 0 Å². The quantitative estimate of drug-likeness (QED) is 0.163. The largest absolute Gasteiger partial charge is 0.0893 e. The van der Waals surface area contributed by atoms with Gasteiger partial charge in [-0.25, -0.2) is 0 Å². The average molecular weight is 416 g/mol. The van der Waals surface area contributed by atoms with Crippen molar-refractivity contribution in [2.75, 3.05) is 0 Å². The van der Waals surface area contributed by atoms with Gasteiger partial charge in [0, 0.05) is 4.91 Å². The maximum atomic E-state index is 8.90. The van der Waals surface area contributed by atoms with Crippen molar-refractivity contribution in [1.29, 1.82) is 0 Å². The van der Waals surface area contributed by atoms with Crippen molar-refractivity contribution < 1.29 is 0 Å². The first-order chi connectivity index (χ1) is 15.6. The molecule has 0 heterocycles. The molecule has 32 heavy (non-hydrogen) atoms. The lowest BCUT2D eigenvalue weighted by Crippen LogP contribution is -2.29. The van der Waals surface area contributed by atoms with Gasteiger partial charge in [-0.2, -0.15) is 0 Å². The van der Waals surface area contributed by atoms with Crippen LogP contribution in [0, 0.1) is 20.8 Å². The van der Waals surface area contributed by atoms with E-state index in [2.05, 4.69) is 116 Å². The zero-order valence-corrected chi connectivity index (χ0v) is 18.6. The molecule has 0 unspecified atom stereocenters. The molecule has 0 radical (unpaired) electrons. The van der Waals surface area contributed by atoms with E-state index in [4.69, 9.17) is 5.53 Å². The van der Waals surface area contributed by atoms with Gasteiger partial charge in [-0.05, 0) is 81.9 Å². The van der Waals surface area contributed by atoms with Gasteiger partial charge in [-0.1, -0.05) is 90.0 Å². The maximum Gasteiger partial charge on any atom is 0.0713 e. The Morgan fingerprint density at radius 2 is 1.25 bits per heavy atom. The minimum absolute atomic E-state index is 0.350. The van der Waals surface area contributed by atoms with Crippen LogP contribution in [-0.2, 0) is 12.0 Å². The van der Waals surface area contributed by atoms with E-state index >= 15 is 0 Å². The van der Waals surface area contributed by atoms with Gasteiger partial charge in [0.05, 0.1) is 12.0 Å². The third-order valence-electron chi connectivity index (χ3n) is 6.98. The van der Waals surface area contributed by atoms with E-state index < -0.39 is 5.41 Å². The Morgan fingerprint density at radius 1 is 0.688 bits per heavy atom. The van der Waals surface area contributed by atoms with E-state index in [0.717, 1.165) is 11.1 Å². The monoisotopic (exact) mass is 415 g/mol. The van der Waals surface area contributed by atoms with Crippen molar-refractivity contribution in [2.24, 2.45) is 5.11 Å². The molecule has 0 amide bonds. The predicted molar refractivity (Wildman–Crippen MR) is 131 cm³/mol. The summed E-state index contributed by atoms with van der Waals surface area (Å²) in [6, 6.07) is 31.0. The Bertz CT molecular complexity index is 1350. The Hall–Kier alpha value is -3.81. The number of azide groups is 1. The van der Waals surface area contributed by atoms with Crippen molar-refractivity contribution >= 4 is 0 Å². The Balaban J connectivity index is 1.91. The molecule has 0 saturated heterocycles. The minimum atomic E-state index is -0.426. The minimum Gasteiger partial charge on any atom is -0.0893 e. The van der Waals surface area contributed by atoms with Gasteiger partial charge in [0.2, 0.25) is 0 Å². The van der Waals surface area contributed by atoms with Crippen LogP contribution in [-0.4, -0.2) is 0 Å². The molecule has 0 saturated carbocycles. The van der Waals surface area contributed by atoms with Crippen molar-refractivity contribution in [3.8, 4) is 11.1 Å². The number of nitrogens with zero attached hydrogens (tertiary/aromatic N) is 3. The smallest absolute Gasteiger partial charge is 0.0713 e. The fourth-order valence-electron chi connectivity index (χ4n) is 5.18. The Kier molecular flexibility index (Phi) is 4.84. The molecule has 0 atom stereocenters. The van der Waals surface area contributed by atoms with E-state index in [9.17, 15) is 0 Å². The van der Waals surface area contributed by atoms with E-state index in [-0.39, 0.29) is 0 Å². The summed E-state index contributed by atoms with van der Waals surface area (Å²) in [5.41, 5.74) is 20.8. The van der Waals surface area contributed by atoms with Crippen LogP contribution in [0.1, 0.15) is 44.5 Å². The summed E-state index contributed by atoms with van der Waals surface area (Å²) < 4.78 is 0. The summed E-state index contributed by atoms with van der Waals surface area (Å²) in [4.78, 5) is 2.99. The lowest BCUT2D eigenvalue weighted by atomic mass is 9.67. The highest BCUT2D eigenvalue weighted by Gasteiger charge is 2.46. The zero-order chi connectivity index (χ0) is 22.3. The van der Waals surface area contributed by atoms with Gasteiger partial charge in [-0.3, -0.25) is 0 Å². The molecule has 0 bridgehead atoms. The first kappa shape index (κ1) is 20.1. The Morgan fingerprint density at radius 3 is 1.84 bits per heavy atom. The molecule has 4 aromatic rings. The van der Waals surface area contributed by atoms with Crippen molar-refractivity contribution in [3.05, 3.63) is 140 Å². The number of fused-ring (bicyclic) bond motifs is 3. The fourth-order valence-corrected chi connectivity index (χ4v) is 5.18. The van der Waals surface area contributed by atoms with Crippen LogP contribution in [0.25, 0.3) is 21.6 Å². The first-order valence-corrected chi connectivity index (χ1v) is 11.0. The van der Waals surface area contributed by atoms with Crippen LogP contribution in [0.2, 0.25) is 0 Å². The third-order valence-corrected chi connectivity index (χ3v) is 6.98. The summed E-state index contributed by atoms with van der Waals surface area (Å²) >= 11 is 0. The van der Waals surface area contributed by atoms with Crippen molar-refractivity contribution in [3.63, 3.8) is 0 Å². The van der Waals surface area contributed by atoms with Gasteiger partial charge >= 0.3 is 0 Å². The molecular formula is C29H25N3. The lowest BCUT2D eigenvalue weighted by molar-refractivity contribution is 0.763. The summed E-state index contributed by atoms with van der Waals surface area (Å²) in [6.45, 7) is 6.77. The van der Waals surface area contributed by atoms with Gasteiger partial charge in [0.25, 0.3) is 0 Å². The topological polar surface area (TPSA) is 48.8 Å². The van der Waals surface area contributed by atoms with Gasteiger partial charge < -0.3 is 0 Å². The second kappa shape index (κ2) is 7.71. The number of rotatable bonds is 4. The molecule has 0 spiro atoms. The molecule has 4 aromatic carbocycles. The number of benzene rings is 4. The molecular weight excluding hydrogens is 390 g/mol. The van der Waals surface area contributed by atoms with E-state index in [0.29, 0.717) is 6.54 Å². The molecule has 156 valence electrons. The van der Waals surface area contributed by atoms with E-state index in [1.165, 1.54) is 44.5 Å². The molecule has 0 N–H and O–H groups in total. The van der Waals surface area contributed by atoms with Crippen molar-refractivity contribution in [2.45, 2.75) is 32.7 Å². The van der Waals surface area contributed by atoms with Gasteiger partial charge in [0.1, 0.15) is 0 Å². The highest BCUT2D eigenvalue weighted by atomic mass is 15.1. The molecule has 1 aliphatic rings. The highest BCUT2D eigenvalue weighted by molar-refractivity contribution is 5.86.